The van der Waals surface area contributed by atoms with E-state index in [-0.39, 0.29) is 10.6 Å². The molecule has 0 spiro atoms. The molecule has 13 N–H and O–H groups in total. The van der Waals surface area contributed by atoms with Gasteiger partial charge in [0.15, 0.2) is 16.9 Å². The molecule has 4 atom stereocenters. The Balaban J connectivity index is 0.000000793. The lowest BCUT2D eigenvalue weighted by atomic mass is 10.1. The van der Waals surface area contributed by atoms with Gasteiger partial charge in [0.05, 0.1) is 11.8 Å². The van der Waals surface area contributed by atoms with E-state index in [0.717, 1.165) is 15.8 Å². The fraction of sp³-hybridized carbons (Fsp3) is 0.615. The lowest BCUT2D eigenvalue weighted by molar-refractivity contribution is -0.0439. The zero-order valence-corrected chi connectivity index (χ0v) is 23.2. The van der Waals surface area contributed by atoms with Gasteiger partial charge in [-0.05, 0) is 25.6 Å². The normalized spacial score (nSPS) is 21.2. The molecular formula is C13H27N6O16P3S. The number of rotatable bonds is 3. The molecule has 1 aliphatic heterocycles. The number of ether oxygens (including phenoxy) is 1. The molecule has 0 bridgehead atoms. The third-order valence-electron chi connectivity index (χ3n) is 4.00. The maximum atomic E-state index is 12.8. The summed E-state index contributed by atoms with van der Waals surface area (Å²) in [7, 11) is -13.9. The second-order valence-electron chi connectivity index (χ2n) is 7.24. The van der Waals surface area contributed by atoms with E-state index in [2.05, 4.69) is 15.4 Å². The van der Waals surface area contributed by atoms with Crippen molar-refractivity contribution in [3.8, 4) is 0 Å². The van der Waals surface area contributed by atoms with E-state index in [9.17, 15) is 15.0 Å². The molecule has 1 fully saturated rings. The van der Waals surface area contributed by atoms with E-state index in [1.807, 2.05) is 6.92 Å². The standard InChI is InChI=1S/C13H18N6O4S.3H3O4P/c1-3-4-6-7-8(18(16-6)13(14)24)11(22)19(17-15-7)12-10(21)9(20)5(2)23-12;3*1-5(2,3)4/h5,9-10,12,20-21H,3-4H2,1-2H3,(H2,14,24);3*(H3,1,2,3,4). The molecule has 2 aromatic heterocycles. The molecule has 1 saturated heterocycles. The van der Waals surface area contributed by atoms with Crippen LogP contribution in [0.4, 0.5) is 0 Å². The molecule has 0 radical (unpaired) electrons. The smallest absolute Gasteiger partial charge is 0.388 e. The molecule has 1 aliphatic rings. The summed E-state index contributed by atoms with van der Waals surface area (Å²) in [5, 5.41) is 31.9. The van der Waals surface area contributed by atoms with Gasteiger partial charge in [-0.1, -0.05) is 18.6 Å². The van der Waals surface area contributed by atoms with Crippen molar-refractivity contribution in [2.24, 2.45) is 5.73 Å². The van der Waals surface area contributed by atoms with Gasteiger partial charge in [0.2, 0.25) is 0 Å². The van der Waals surface area contributed by atoms with Crippen LogP contribution >= 0.6 is 35.7 Å². The molecule has 22 nitrogen and oxygen atoms in total. The van der Waals surface area contributed by atoms with Crippen molar-refractivity contribution in [3.05, 3.63) is 16.0 Å². The zero-order chi connectivity index (χ0) is 31.1. The minimum atomic E-state index is -4.64. The summed E-state index contributed by atoms with van der Waals surface area (Å²) >= 11 is 4.95. The number of aryl methyl sites for hydroxylation is 1. The van der Waals surface area contributed by atoms with Crippen LogP contribution in [0, 0.1) is 0 Å². The second kappa shape index (κ2) is 14.8. The van der Waals surface area contributed by atoms with Crippen molar-refractivity contribution < 1.29 is 72.7 Å². The highest BCUT2D eigenvalue weighted by molar-refractivity contribution is 7.80. The van der Waals surface area contributed by atoms with Gasteiger partial charge in [0, 0.05) is 0 Å². The Morgan fingerprint density at radius 2 is 1.41 bits per heavy atom. The SMILES string of the molecule is CCCc1nn(C(N)=S)c2c(=O)n(C3OC(C)C(O)C3O)nnc12.O=P(O)(O)O.O=P(O)(O)O.O=P(O)(O)O. The second-order valence-corrected chi connectivity index (χ2v) is 10.7. The quantitative estimate of drug-likeness (QED) is 0.111. The van der Waals surface area contributed by atoms with Crippen molar-refractivity contribution in [2.45, 2.75) is 51.2 Å². The maximum absolute atomic E-state index is 12.8. The highest BCUT2D eigenvalue weighted by atomic mass is 32.1. The third kappa shape index (κ3) is 14.5. The first kappa shape index (κ1) is 37.4. The molecule has 39 heavy (non-hydrogen) atoms. The summed E-state index contributed by atoms with van der Waals surface area (Å²) in [5.41, 5.74) is 6.00. The van der Waals surface area contributed by atoms with Gasteiger partial charge in [-0.3, -0.25) is 4.79 Å². The molecule has 0 aliphatic carbocycles. The monoisotopic (exact) mass is 648 g/mol. The van der Waals surface area contributed by atoms with Crippen LogP contribution in [0.25, 0.3) is 11.0 Å². The molecule has 3 heterocycles. The Kier molecular flexibility index (Phi) is 14.2. The van der Waals surface area contributed by atoms with Crippen molar-refractivity contribution in [2.75, 3.05) is 0 Å². The Bertz CT molecular complexity index is 1250. The molecule has 0 amide bonds. The molecule has 2 aromatic rings. The first-order valence-electron chi connectivity index (χ1n) is 9.90. The van der Waals surface area contributed by atoms with Crippen molar-refractivity contribution in [1.82, 2.24) is 24.8 Å². The first-order chi connectivity index (χ1) is 17.4. The lowest BCUT2D eigenvalue weighted by Gasteiger charge is -2.15. The molecule has 226 valence electrons. The van der Waals surface area contributed by atoms with Crippen LogP contribution < -0.4 is 11.3 Å². The molecule has 4 unspecified atom stereocenters. The number of phosphoric acid groups is 3. The number of hydrogen-bond acceptors (Lipinski definition) is 11. The Morgan fingerprint density at radius 1 is 0.974 bits per heavy atom. The highest BCUT2D eigenvalue weighted by Gasteiger charge is 2.43. The fourth-order valence-electron chi connectivity index (χ4n) is 2.75. The minimum Gasteiger partial charge on any atom is -0.388 e. The van der Waals surface area contributed by atoms with Crippen LogP contribution in [-0.4, -0.2) is 102 Å². The number of fused-ring (bicyclic) bond motifs is 1. The van der Waals surface area contributed by atoms with Crippen LogP contribution in [0.2, 0.25) is 0 Å². The number of aromatic nitrogens is 5. The molecular weight excluding hydrogens is 621 g/mol. The number of aliphatic hydroxyl groups excluding tert-OH is 2. The summed E-state index contributed by atoms with van der Waals surface area (Å²) in [5.74, 6) is 0. The van der Waals surface area contributed by atoms with Gasteiger partial charge < -0.3 is 64.7 Å². The van der Waals surface area contributed by atoms with E-state index in [4.69, 9.17) is 80.4 Å². The van der Waals surface area contributed by atoms with Gasteiger partial charge in [-0.25, -0.2) is 13.7 Å². The largest absolute Gasteiger partial charge is 0.466 e. The highest BCUT2D eigenvalue weighted by Crippen LogP contribution is 2.28. The molecule has 26 heteroatoms. The average Bonchev–Trinajstić information content (AvgIpc) is 3.19. The number of nitrogens with zero attached hydrogens (tertiary/aromatic N) is 5. The van der Waals surface area contributed by atoms with E-state index in [1.165, 1.54) is 0 Å². The molecule has 0 saturated carbocycles. The van der Waals surface area contributed by atoms with Gasteiger partial charge in [-0.2, -0.15) is 14.5 Å². The molecule has 0 aromatic carbocycles. The number of hydrogen-bond donors (Lipinski definition) is 12. The van der Waals surface area contributed by atoms with Crippen molar-refractivity contribution in [3.63, 3.8) is 0 Å². The predicted molar refractivity (Wildman–Crippen MR) is 130 cm³/mol. The van der Waals surface area contributed by atoms with Gasteiger partial charge in [0.25, 0.3) is 5.56 Å². The van der Waals surface area contributed by atoms with Crippen molar-refractivity contribution in [1.29, 1.82) is 0 Å². The summed E-state index contributed by atoms with van der Waals surface area (Å²) in [6, 6.07) is 0. The van der Waals surface area contributed by atoms with Crippen LogP contribution in [0.5, 0.6) is 0 Å². The summed E-state index contributed by atoms with van der Waals surface area (Å²) in [6.45, 7) is 3.55. The first-order valence-corrected chi connectivity index (χ1v) is 15.0. The van der Waals surface area contributed by atoms with E-state index in [1.54, 1.807) is 6.92 Å². The average molecular weight is 648 g/mol. The number of aliphatic hydroxyl groups is 2. The third-order valence-corrected chi connectivity index (χ3v) is 4.17. The Hall–Kier alpha value is -1.62. The van der Waals surface area contributed by atoms with E-state index >= 15 is 0 Å². The maximum Gasteiger partial charge on any atom is 0.466 e. The van der Waals surface area contributed by atoms with E-state index in [0.29, 0.717) is 17.6 Å². The van der Waals surface area contributed by atoms with E-state index < -0.39 is 53.6 Å². The van der Waals surface area contributed by atoms with Gasteiger partial charge in [-0.15, -0.1) is 5.10 Å². The lowest BCUT2D eigenvalue weighted by Crippen LogP contribution is -2.37. The topological polar surface area (TPSA) is 375 Å². The summed E-state index contributed by atoms with van der Waals surface area (Å²) < 4.78 is 34.1. The summed E-state index contributed by atoms with van der Waals surface area (Å²) in [4.78, 5) is 77.5. The van der Waals surface area contributed by atoms with Crippen LogP contribution in [0.15, 0.2) is 4.79 Å². The van der Waals surface area contributed by atoms with Crippen LogP contribution in [0.3, 0.4) is 0 Å². The predicted octanol–water partition coefficient (Wildman–Crippen LogP) is -4.11. The number of nitrogens with two attached hydrogens (primary N) is 1. The van der Waals surface area contributed by atoms with Crippen LogP contribution in [-0.2, 0) is 24.9 Å². The zero-order valence-electron chi connectivity index (χ0n) is 19.7. The van der Waals surface area contributed by atoms with Crippen molar-refractivity contribution >= 4 is 51.8 Å². The van der Waals surface area contributed by atoms with Crippen LogP contribution in [0.1, 0.15) is 32.2 Å². The van der Waals surface area contributed by atoms with Gasteiger partial charge >= 0.3 is 23.5 Å². The Labute approximate surface area is 222 Å². The van der Waals surface area contributed by atoms with Gasteiger partial charge in [0.1, 0.15) is 17.7 Å². The Morgan fingerprint density at radius 3 is 1.74 bits per heavy atom. The molecule has 3 rings (SSSR count). The summed E-state index contributed by atoms with van der Waals surface area (Å²) in [6.07, 6.45) is -2.85. The fourth-order valence-corrected chi connectivity index (χ4v) is 2.89. The number of thiocarbonyl (C=S) groups is 1. The minimum absolute atomic E-state index is 0.0748.